The molecule has 0 aliphatic rings. The first-order valence-corrected chi connectivity index (χ1v) is 15.8. The molecule has 0 unspecified atom stereocenters. The minimum Gasteiger partial charge on any atom is -0.445 e. The lowest BCUT2D eigenvalue weighted by molar-refractivity contribution is -0.132. The molecule has 2 aromatic rings. The van der Waals surface area contributed by atoms with Gasteiger partial charge >= 0.3 is 12.2 Å². The van der Waals surface area contributed by atoms with Gasteiger partial charge in [-0.05, 0) is 70.4 Å². The molecule has 0 fully saturated rings. The number of ketones is 1. The van der Waals surface area contributed by atoms with E-state index in [4.69, 9.17) is 9.47 Å². The first kappa shape index (κ1) is 37.8. The number of hydrogen-bond donors (Lipinski definition) is 4. The van der Waals surface area contributed by atoms with Crippen molar-refractivity contribution in [3.63, 3.8) is 0 Å². The number of hydrogen-bond acceptors (Lipinski definition) is 7. The fraction of sp³-hybridized carbons (Fsp3) is 0.514. The third-order valence-electron chi connectivity index (χ3n) is 6.84. The summed E-state index contributed by atoms with van der Waals surface area (Å²) in [4.78, 5) is 63.9. The van der Waals surface area contributed by atoms with Crippen LogP contribution in [0.1, 0.15) is 78.4 Å². The highest BCUT2D eigenvalue weighted by atomic mass is 16.6. The van der Waals surface area contributed by atoms with Gasteiger partial charge in [-0.3, -0.25) is 14.4 Å². The zero-order valence-corrected chi connectivity index (χ0v) is 27.9. The highest BCUT2D eigenvalue weighted by Gasteiger charge is 2.30. The van der Waals surface area contributed by atoms with E-state index in [1.807, 2.05) is 74.5 Å². The predicted molar refractivity (Wildman–Crippen MR) is 176 cm³/mol. The van der Waals surface area contributed by atoms with Crippen molar-refractivity contribution in [3.8, 4) is 0 Å². The van der Waals surface area contributed by atoms with Gasteiger partial charge < -0.3 is 30.7 Å². The van der Waals surface area contributed by atoms with Crippen LogP contribution in [0.2, 0.25) is 0 Å². The molecule has 2 aromatic carbocycles. The van der Waals surface area contributed by atoms with E-state index in [9.17, 15) is 24.0 Å². The highest BCUT2D eigenvalue weighted by molar-refractivity contribution is 5.94. The van der Waals surface area contributed by atoms with Crippen molar-refractivity contribution >= 4 is 29.8 Å². The van der Waals surface area contributed by atoms with Gasteiger partial charge in [0, 0.05) is 13.0 Å². The van der Waals surface area contributed by atoms with E-state index in [-0.39, 0.29) is 24.7 Å². The van der Waals surface area contributed by atoms with Crippen LogP contribution in [0.15, 0.2) is 60.7 Å². The normalized spacial score (nSPS) is 13.1. The van der Waals surface area contributed by atoms with E-state index >= 15 is 0 Å². The van der Waals surface area contributed by atoms with E-state index in [1.54, 1.807) is 20.8 Å². The molecule has 0 aromatic heterocycles. The Morgan fingerprint density at radius 2 is 1.28 bits per heavy atom. The molecule has 0 saturated heterocycles. The predicted octanol–water partition coefficient (Wildman–Crippen LogP) is 4.82. The van der Waals surface area contributed by atoms with Crippen molar-refractivity contribution in [2.24, 2.45) is 5.92 Å². The van der Waals surface area contributed by atoms with Gasteiger partial charge in [0.2, 0.25) is 11.8 Å². The molecule has 0 heterocycles. The molecule has 252 valence electrons. The van der Waals surface area contributed by atoms with Crippen LogP contribution in [0, 0.1) is 5.92 Å². The minimum atomic E-state index is -1.00. The lowest BCUT2D eigenvalue weighted by atomic mass is 10.00. The fourth-order valence-electron chi connectivity index (χ4n) is 4.57. The molecule has 0 spiro atoms. The Kier molecular flexibility index (Phi) is 15.8. The molecular weight excluding hydrogens is 588 g/mol. The lowest BCUT2D eigenvalue weighted by Crippen LogP contribution is -2.56. The molecular formula is C35H50N4O7. The van der Waals surface area contributed by atoms with Crippen molar-refractivity contribution in [3.05, 3.63) is 71.8 Å². The standard InChI is InChI=1S/C35H50N4O7/c1-24(2)21-29(38-32(42)30(22-26-15-9-7-10-16-26)39-34(44)46-35(4,5)6)31(41)37-28(25(3)40)19-13-14-20-36-33(43)45-23-27-17-11-8-12-18-27/h7-12,15-18,24,28-30H,13-14,19-23H2,1-6H3,(H,36,43)(H,37,41)(H,38,42)(H,39,44)/t28-,29-,30+/m0/s1. The zero-order chi connectivity index (χ0) is 34.1. The summed E-state index contributed by atoms with van der Waals surface area (Å²) in [6.45, 7) is 11.0. The van der Waals surface area contributed by atoms with Crippen molar-refractivity contribution in [2.45, 2.75) is 104 Å². The van der Waals surface area contributed by atoms with Gasteiger partial charge in [0.05, 0.1) is 6.04 Å². The van der Waals surface area contributed by atoms with Crippen molar-refractivity contribution in [1.82, 2.24) is 21.3 Å². The van der Waals surface area contributed by atoms with Crippen LogP contribution in [0.4, 0.5) is 9.59 Å². The largest absolute Gasteiger partial charge is 0.445 e. The third-order valence-corrected chi connectivity index (χ3v) is 6.84. The van der Waals surface area contributed by atoms with Crippen LogP contribution in [0.3, 0.4) is 0 Å². The van der Waals surface area contributed by atoms with Gasteiger partial charge in [0.15, 0.2) is 5.78 Å². The summed E-state index contributed by atoms with van der Waals surface area (Å²) in [5.74, 6) is -1.20. The van der Waals surface area contributed by atoms with E-state index in [0.717, 1.165) is 11.1 Å². The number of carbonyl (C=O) groups is 5. The topological polar surface area (TPSA) is 152 Å². The number of benzene rings is 2. The van der Waals surface area contributed by atoms with Gasteiger partial charge in [-0.25, -0.2) is 9.59 Å². The maximum atomic E-state index is 13.5. The molecule has 4 amide bonds. The number of amides is 4. The lowest BCUT2D eigenvalue weighted by Gasteiger charge is -2.27. The minimum absolute atomic E-state index is 0.0472. The maximum absolute atomic E-state index is 13.5. The average Bonchev–Trinajstić information content (AvgIpc) is 2.98. The van der Waals surface area contributed by atoms with E-state index < -0.39 is 47.7 Å². The summed E-state index contributed by atoms with van der Waals surface area (Å²) in [7, 11) is 0. The Labute approximate surface area is 272 Å². The summed E-state index contributed by atoms with van der Waals surface area (Å²) in [5.41, 5.74) is 0.941. The Bertz CT molecular complexity index is 1260. The SMILES string of the molecule is CC(=O)[C@H](CCCCNC(=O)OCc1ccccc1)NC(=O)[C@H](CC(C)C)NC(=O)[C@@H](Cc1ccccc1)NC(=O)OC(C)(C)C. The second kappa shape index (κ2) is 19.2. The second-order valence-corrected chi connectivity index (χ2v) is 12.7. The summed E-state index contributed by atoms with van der Waals surface area (Å²) < 4.78 is 10.6. The Hall–Kier alpha value is -4.41. The van der Waals surface area contributed by atoms with Gasteiger partial charge in [-0.15, -0.1) is 0 Å². The summed E-state index contributed by atoms with van der Waals surface area (Å²) >= 11 is 0. The monoisotopic (exact) mass is 638 g/mol. The number of ether oxygens (including phenoxy) is 2. The number of nitrogens with one attached hydrogen (secondary N) is 4. The van der Waals surface area contributed by atoms with Gasteiger partial charge in [0.1, 0.15) is 24.3 Å². The molecule has 4 N–H and O–H groups in total. The van der Waals surface area contributed by atoms with Crippen LogP contribution >= 0.6 is 0 Å². The number of unbranched alkanes of at least 4 members (excludes halogenated alkanes) is 1. The first-order chi connectivity index (χ1) is 21.7. The number of rotatable bonds is 17. The van der Waals surface area contributed by atoms with Gasteiger partial charge in [0.25, 0.3) is 0 Å². The highest BCUT2D eigenvalue weighted by Crippen LogP contribution is 2.12. The van der Waals surface area contributed by atoms with Crippen molar-refractivity contribution in [1.29, 1.82) is 0 Å². The summed E-state index contributed by atoms with van der Waals surface area (Å²) in [6.07, 6.45) is 0.727. The molecule has 0 bridgehead atoms. The number of Topliss-reactive ketones (excluding diaryl/α,β-unsaturated/α-hetero) is 1. The van der Waals surface area contributed by atoms with Crippen LogP contribution < -0.4 is 21.3 Å². The molecule has 0 aliphatic heterocycles. The molecule has 11 nitrogen and oxygen atoms in total. The average molecular weight is 639 g/mol. The number of carbonyl (C=O) groups excluding carboxylic acids is 5. The molecule has 46 heavy (non-hydrogen) atoms. The smallest absolute Gasteiger partial charge is 0.408 e. The molecule has 3 atom stereocenters. The zero-order valence-electron chi connectivity index (χ0n) is 27.9. The molecule has 0 radical (unpaired) electrons. The van der Waals surface area contributed by atoms with Gasteiger partial charge in [-0.1, -0.05) is 74.5 Å². The van der Waals surface area contributed by atoms with E-state index in [2.05, 4.69) is 21.3 Å². The van der Waals surface area contributed by atoms with Gasteiger partial charge in [-0.2, -0.15) is 0 Å². The fourth-order valence-corrected chi connectivity index (χ4v) is 4.57. The first-order valence-electron chi connectivity index (χ1n) is 15.8. The Morgan fingerprint density at radius 1 is 0.717 bits per heavy atom. The third kappa shape index (κ3) is 15.5. The summed E-state index contributed by atoms with van der Waals surface area (Å²) in [6, 6.07) is 15.9. The summed E-state index contributed by atoms with van der Waals surface area (Å²) in [5, 5.41) is 10.9. The Morgan fingerprint density at radius 3 is 1.85 bits per heavy atom. The van der Waals surface area contributed by atoms with Crippen LogP contribution in [0.25, 0.3) is 0 Å². The van der Waals surface area contributed by atoms with Crippen LogP contribution in [0.5, 0.6) is 0 Å². The van der Waals surface area contributed by atoms with Crippen LogP contribution in [-0.4, -0.2) is 60.1 Å². The van der Waals surface area contributed by atoms with Crippen molar-refractivity contribution in [2.75, 3.05) is 6.54 Å². The molecule has 11 heteroatoms. The van der Waals surface area contributed by atoms with E-state index in [1.165, 1.54) is 6.92 Å². The maximum Gasteiger partial charge on any atom is 0.408 e. The van der Waals surface area contributed by atoms with Crippen LogP contribution in [-0.2, 0) is 36.9 Å². The molecule has 2 rings (SSSR count). The second-order valence-electron chi connectivity index (χ2n) is 12.7. The quantitative estimate of drug-likeness (QED) is 0.181. The molecule has 0 aliphatic carbocycles. The van der Waals surface area contributed by atoms with Crippen molar-refractivity contribution < 1.29 is 33.4 Å². The Balaban J connectivity index is 1.96. The molecule has 0 saturated carbocycles. The number of alkyl carbamates (subject to hydrolysis) is 2. The van der Waals surface area contributed by atoms with E-state index in [0.29, 0.717) is 32.2 Å².